The smallest absolute Gasteiger partial charge is 0.341 e. The largest absolute Gasteiger partial charge is 0.507 e. The first-order valence-corrected chi connectivity index (χ1v) is 11.7. The molecule has 0 bridgehead atoms. The van der Waals surface area contributed by atoms with Gasteiger partial charge in [0, 0.05) is 23.3 Å². The normalized spacial score (nSPS) is 10.4. The van der Waals surface area contributed by atoms with Crippen molar-refractivity contribution in [2.45, 2.75) is 54.4 Å². The van der Waals surface area contributed by atoms with E-state index < -0.39 is 18.0 Å². The van der Waals surface area contributed by atoms with Crippen LogP contribution < -0.4 is 14.9 Å². The Bertz CT molecular complexity index is 1380. The van der Waals surface area contributed by atoms with E-state index in [1.165, 1.54) is 19.2 Å². The summed E-state index contributed by atoms with van der Waals surface area (Å²) in [5, 5.41) is 30.6. The van der Waals surface area contributed by atoms with Crippen LogP contribution in [0.3, 0.4) is 0 Å². The summed E-state index contributed by atoms with van der Waals surface area (Å²) in [6, 6.07) is 2.68. The van der Waals surface area contributed by atoms with Gasteiger partial charge >= 0.3 is 5.97 Å². The van der Waals surface area contributed by atoms with Gasteiger partial charge in [-0.05, 0) is 40.5 Å². The molecule has 8 heteroatoms. The quantitative estimate of drug-likeness (QED) is 0.260. The molecule has 0 aliphatic carbocycles. The molecule has 0 amide bonds. The third-order valence-corrected chi connectivity index (χ3v) is 5.31. The molecule has 0 aliphatic heterocycles. The minimum Gasteiger partial charge on any atom is -0.507 e. The average Bonchev–Trinajstić information content (AvgIpc) is 2.81. The van der Waals surface area contributed by atoms with Crippen LogP contribution in [0.5, 0.6) is 23.0 Å². The Kier molecular flexibility index (Phi) is 9.55. The number of rotatable bonds is 8. The molecule has 8 nitrogen and oxygen atoms in total. The number of methoxy groups -OCH3 is 1. The van der Waals surface area contributed by atoms with E-state index in [2.05, 4.69) is 0 Å². The molecule has 3 N–H and O–H groups in total. The maximum absolute atomic E-state index is 13.7. The number of hydrogen-bond acceptors (Lipinski definition) is 7. The molecule has 0 aliphatic rings. The van der Waals surface area contributed by atoms with Crippen molar-refractivity contribution in [2.75, 3.05) is 13.7 Å². The fourth-order valence-corrected chi connectivity index (χ4v) is 3.69. The van der Waals surface area contributed by atoms with Crippen molar-refractivity contribution in [3.63, 3.8) is 0 Å². The predicted octanol–water partition coefficient (Wildman–Crippen LogP) is 5.87. The Morgan fingerprint density at radius 1 is 0.944 bits per heavy atom. The number of hydrogen-bond donors (Lipinski definition) is 3. The van der Waals surface area contributed by atoms with E-state index in [4.69, 9.17) is 19.0 Å². The molecule has 1 aromatic heterocycles. The fraction of sp³-hybridized carbons (Fsp3) is 0.357. The minimum absolute atomic E-state index is 0.00374. The van der Waals surface area contributed by atoms with Gasteiger partial charge in [0.1, 0.15) is 28.1 Å². The number of fused-ring (bicyclic) bond motifs is 2. The zero-order valence-corrected chi connectivity index (χ0v) is 21.8. The molecule has 0 spiro atoms. The first-order valence-electron chi connectivity index (χ1n) is 11.7. The van der Waals surface area contributed by atoms with Crippen molar-refractivity contribution in [3.8, 4) is 23.0 Å². The summed E-state index contributed by atoms with van der Waals surface area (Å²) in [6.45, 7) is 11.0. The summed E-state index contributed by atoms with van der Waals surface area (Å²) in [5.41, 5.74) is 2.27. The lowest BCUT2D eigenvalue weighted by Crippen LogP contribution is -2.12. The van der Waals surface area contributed by atoms with Crippen LogP contribution in [0.1, 0.15) is 52.7 Å². The highest BCUT2D eigenvalue weighted by atomic mass is 16.5. The van der Waals surface area contributed by atoms with Gasteiger partial charge in [-0.15, -0.1) is 0 Å². The number of carbonyl (C=O) groups is 1. The molecule has 0 fully saturated rings. The Morgan fingerprint density at radius 3 is 2.03 bits per heavy atom. The van der Waals surface area contributed by atoms with E-state index >= 15 is 0 Å². The fourth-order valence-electron chi connectivity index (χ4n) is 3.69. The van der Waals surface area contributed by atoms with Crippen molar-refractivity contribution < 1.29 is 34.0 Å². The van der Waals surface area contributed by atoms with Crippen LogP contribution in [0.25, 0.3) is 21.9 Å². The molecule has 2 aromatic carbocycles. The number of phenols is 2. The zero-order valence-electron chi connectivity index (χ0n) is 21.8. The van der Waals surface area contributed by atoms with Crippen molar-refractivity contribution in [1.29, 1.82) is 0 Å². The Hall–Kier alpha value is -3.94. The Morgan fingerprint density at radius 2 is 1.50 bits per heavy atom. The lowest BCUT2D eigenvalue weighted by Gasteiger charge is -2.16. The van der Waals surface area contributed by atoms with Crippen molar-refractivity contribution in [2.24, 2.45) is 0 Å². The number of carboxylic acids is 1. The van der Waals surface area contributed by atoms with Gasteiger partial charge in [0.25, 0.3) is 0 Å². The number of benzene rings is 2. The highest BCUT2D eigenvalue weighted by molar-refractivity contribution is 5.98. The van der Waals surface area contributed by atoms with E-state index in [-0.39, 0.29) is 63.3 Å². The van der Waals surface area contributed by atoms with Crippen LogP contribution in [0.2, 0.25) is 0 Å². The SMILES string of the molecule is CC.COc1c(OCC(=O)O)cc2oc3cc(O)c(CC=C(C)C)c(O)c3c(=O)c2c1CC=C(C)C. The van der Waals surface area contributed by atoms with Crippen molar-refractivity contribution in [3.05, 3.63) is 56.8 Å². The van der Waals surface area contributed by atoms with E-state index in [0.29, 0.717) is 5.56 Å². The number of carboxylic acid groups (broad SMARTS) is 1. The molecule has 36 heavy (non-hydrogen) atoms. The summed E-state index contributed by atoms with van der Waals surface area (Å²) >= 11 is 0. The van der Waals surface area contributed by atoms with Gasteiger partial charge in [-0.2, -0.15) is 0 Å². The van der Waals surface area contributed by atoms with Gasteiger partial charge in [0.05, 0.1) is 12.5 Å². The molecule has 1 heterocycles. The van der Waals surface area contributed by atoms with Crippen LogP contribution in [-0.2, 0) is 17.6 Å². The van der Waals surface area contributed by atoms with Gasteiger partial charge < -0.3 is 29.2 Å². The van der Waals surface area contributed by atoms with Crippen molar-refractivity contribution >= 4 is 27.9 Å². The standard InChI is InChI=1S/C26H28O8.C2H6/c1-13(2)6-8-15-17(27)10-18-23(24(15)30)25(31)22-16(9-7-14(3)4)26(32-5)20(11-19(22)34-18)33-12-21(28)29;1-2/h6-7,10-11,27,30H,8-9,12H2,1-5H3,(H,28,29);1-2H3. The molecule has 0 atom stereocenters. The van der Waals surface area contributed by atoms with Crippen LogP contribution >= 0.6 is 0 Å². The van der Waals surface area contributed by atoms with Gasteiger partial charge in [-0.1, -0.05) is 37.1 Å². The summed E-state index contributed by atoms with van der Waals surface area (Å²) in [6.07, 6.45) is 4.24. The first-order chi connectivity index (χ1) is 17.0. The van der Waals surface area contributed by atoms with Gasteiger partial charge in [-0.3, -0.25) is 4.79 Å². The number of ether oxygens (including phenoxy) is 2. The average molecular weight is 499 g/mol. The summed E-state index contributed by atoms with van der Waals surface area (Å²) in [7, 11) is 1.40. The molecular weight excluding hydrogens is 464 g/mol. The molecule has 3 aromatic rings. The predicted molar refractivity (Wildman–Crippen MR) is 141 cm³/mol. The van der Waals surface area contributed by atoms with Gasteiger partial charge in [0.2, 0.25) is 5.43 Å². The second-order valence-electron chi connectivity index (χ2n) is 8.44. The molecule has 0 unspecified atom stereocenters. The molecule has 0 radical (unpaired) electrons. The topological polar surface area (TPSA) is 126 Å². The van der Waals surface area contributed by atoms with Gasteiger partial charge in [-0.25, -0.2) is 4.79 Å². The molecular formula is C28H34O8. The van der Waals surface area contributed by atoms with E-state index in [9.17, 15) is 19.8 Å². The monoisotopic (exact) mass is 498 g/mol. The van der Waals surface area contributed by atoms with Crippen LogP contribution in [-0.4, -0.2) is 35.0 Å². The lowest BCUT2D eigenvalue weighted by atomic mass is 9.98. The lowest BCUT2D eigenvalue weighted by molar-refractivity contribution is -0.139. The summed E-state index contributed by atoms with van der Waals surface area (Å²) < 4.78 is 16.8. The Labute approximate surface area is 210 Å². The summed E-state index contributed by atoms with van der Waals surface area (Å²) in [4.78, 5) is 24.8. The molecule has 194 valence electrons. The third-order valence-electron chi connectivity index (χ3n) is 5.31. The number of allylic oxidation sites excluding steroid dienone is 4. The third kappa shape index (κ3) is 6.00. The minimum atomic E-state index is -1.17. The number of phenolic OH excluding ortho intramolecular Hbond substituents is 2. The van der Waals surface area contributed by atoms with Gasteiger partial charge in [0.15, 0.2) is 18.1 Å². The zero-order chi connectivity index (χ0) is 27.2. The molecule has 3 rings (SSSR count). The number of aliphatic carboxylic acids is 1. The number of aromatic hydroxyl groups is 2. The van der Waals surface area contributed by atoms with E-state index in [1.54, 1.807) is 0 Å². The molecule has 0 saturated carbocycles. The van der Waals surface area contributed by atoms with E-state index in [1.807, 2.05) is 53.7 Å². The molecule has 0 saturated heterocycles. The van der Waals surface area contributed by atoms with Crippen LogP contribution in [0, 0.1) is 0 Å². The summed E-state index contributed by atoms with van der Waals surface area (Å²) in [5.74, 6) is -1.41. The highest BCUT2D eigenvalue weighted by Gasteiger charge is 2.24. The van der Waals surface area contributed by atoms with Crippen LogP contribution in [0.15, 0.2) is 44.6 Å². The maximum Gasteiger partial charge on any atom is 0.341 e. The Balaban J connectivity index is 0.00000222. The van der Waals surface area contributed by atoms with E-state index in [0.717, 1.165) is 11.1 Å². The second-order valence-corrected chi connectivity index (χ2v) is 8.44. The first kappa shape index (κ1) is 28.3. The maximum atomic E-state index is 13.7. The second kappa shape index (κ2) is 12.2. The highest BCUT2D eigenvalue weighted by Crippen LogP contribution is 2.41. The van der Waals surface area contributed by atoms with Crippen LogP contribution in [0.4, 0.5) is 0 Å². The van der Waals surface area contributed by atoms with Crippen molar-refractivity contribution in [1.82, 2.24) is 0 Å².